The molecule has 40 nitrogen and oxygen atoms in total. The quantitative estimate of drug-likeness (QED) is 0.0170. The van der Waals surface area contributed by atoms with E-state index in [2.05, 4.69) is 61.4 Å². The first-order valence-corrected chi connectivity index (χ1v) is 27.7. The second kappa shape index (κ2) is 31.4. The first kappa shape index (κ1) is 75.9. The van der Waals surface area contributed by atoms with E-state index < -0.39 is 168 Å². The molecule has 4 aromatic rings. The van der Waals surface area contributed by atoms with Gasteiger partial charge in [0, 0.05) is 13.8 Å². The van der Waals surface area contributed by atoms with Gasteiger partial charge in [-0.2, -0.15) is 0 Å². The van der Waals surface area contributed by atoms with Gasteiger partial charge in [-0.1, -0.05) is 0 Å². The third-order valence-electron chi connectivity index (χ3n) is 11.2. The molecular weight excluding hydrogens is 1250 g/mol. The number of aliphatic hydroxyl groups is 8. The van der Waals surface area contributed by atoms with Crippen LogP contribution in [0.5, 0.6) is 0 Å². The van der Waals surface area contributed by atoms with Gasteiger partial charge in [-0.3, -0.25) is 37.0 Å². The predicted molar refractivity (Wildman–Crippen MR) is 233 cm³/mol. The van der Waals surface area contributed by atoms with Crippen molar-refractivity contribution in [2.45, 2.75) is 112 Å². The molecule has 6 unspecified atom stereocenters. The molecule has 436 valence electrons. The molecule has 0 aromatic carbocycles. The Hall–Kier alpha value is -0.320. The number of phosphoric acid groups is 4. The van der Waals surface area contributed by atoms with Gasteiger partial charge in [0.15, 0.2) is 60.2 Å². The minimum atomic E-state index is -5.67. The van der Waals surface area contributed by atoms with Gasteiger partial charge in [-0.05, 0) is 0 Å². The molecule has 0 aliphatic carbocycles. The first-order valence-electron chi connectivity index (χ1n) is 21.9. The monoisotopic (exact) mass is 1300 g/mol. The van der Waals surface area contributed by atoms with Crippen LogP contribution < -0.4 is 149 Å². The number of hydrogen-bond acceptors (Lipinski definition) is 38. The van der Waals surface area contributed by atoms with Crippen molar-refractivity contribution >= 4 is 77.2 Å². The third kappa shape index (κ3) is 18.9. The molecule has 0 amide bonds. The summed E-state index contributed by atoms with van der Waals surface area (Å²) in [7, 11) is -22.6. The second-order valence-electron chi connectivity index (χ2n) is 16.7. The number of phosphoric ester groups is 4. The zero-order valence-electron chi connectivity index (χ0n) is 43.5. The molecule has 4 fully saturated rings. The fourth-order valence-electron chi connectivity index (χ4n) is 7.67. The van der Waals surface area contributed by atoms with Gasteiger partial charge >= 0.3 is 130 Å². The average molecular weight is 1300 g/mol. The number of hydrogen-bond donors (Lipinski definition) is 10. The maximum absolute atomic E-state index is 12.1. The Morgan fingerprint density at radius 3 is 1.22 bits per heavy atom. The van der Waals surface area contributed by atoms with Crippen LogP contribution in [-0.2, 0) is 83.0 Å². The molecule has 8 rings (SSSR count). The van der Waals surface area contributed by atoms with Gasteiger partial charge in [0.1, 0.15) is 84.7 Å². The number of nitrogens with two attached hydrogens (primary N) is 2. The molecule has 4 aliphatic heterocycles. The normalized spacial score (nSPS) is 32.5. The minimum absolute atomic E-state index is 0. The Bertz CT molecular complexity index is 3000. The van der Waals surface area contributed by atoms with Crippen molar-refractivity contribution in [3.05, 3.63) is 25.3 Å². The van der Waals surface area contributed by atoms with E-state index in [4.69, 9.17) is 35.2 Å². The van der Waals surface area contributed by atoms with E-state index >= 15 is 0 Å². The maximum atomic E-state index is 12.1. The SMILES string of the molecule is CC(=O)O[13C@@H]1[13C@@H]([13CH2]OP(=O)([O-])OP(=O)([O-])OC[C@H]2O[C@@H](n3cnc4c(N)ncnc43)[C@H](O)[C@@H]2O)O[13CH](O)[13C@@H]1O.CC(=O)O[13C@H]1[13CH](O)O[13C@H]([13CH2]OP(=O)([O-])OP(=O)([O-])OC[C@H]2O[C@@H](n3cnc4c(N)ncnc43)[C@H](O)[C@@H]2O)[13C@H]1O.[Na+].[Na+].[Na+].[Na+]. The van der Waals surface area contributed by atoms with Crippen molar-refractivity contribution in [3.8, 4) is 0 Å². The number of fused-ring (bicyclic) bond motifs is 2. The number of imidazole rings is 2. The summed E-state index contributed by atoms with van der Waals surface area (Å²) in [5.74, 6) is -1.68. The van der Waals surface area contributed by atoms with E-state index in [1.807, 2.05) is 0 Å². The standard InChI is InChI=1S/2C17H25N5O15P2.4Na/c1-6(23)34-13-8(36-17(27)12(13)26)3-33-39(30,31)37-38(28,29)32-2-7-10(24)11(25)16(35-7)22-5-21-9-14(18)19-4-20-15(9)22;1-6(23)34-13-11(25)8(36-17(13)27)3-33-39(30,31)37-38(28,29)32-2-7-10(24)12(26)16(35-7)22-5-21-9-14(18)19-4-20-15(9)22;;;;/h2*4-5,7-8,10-13,16-17,24-27H,2-3H2,1H3,(H,28,29)(H,30,31)(H2,18,19,20);;;;/q;;4*+1/p-4/t2*7-,8-,10-,11-,12-,13-,16-,17?;;;;/m11..../s1/i3+1,8+1,12+1,13+1,17+1;3+1,8+1,11+1,13+1,17+1;;;;. The van der Waals surface area contributed by atoms with Gasteiger partial charge in [0.05, 0.1) is 39.1 Å². The third-order valence-corrected chi connectivity index (χ3v) is 16.3. The number of anilines is 2. The van der Waals surface area contributed by atoms with Crippen molar-refractivity contribution in [2.75, 3.05) is 37.9 Å². The van der Waals surface area contributed by atoms with Crippen LogP contribution in [0, 0.1) is 0 Å². The van der Waals surface area contributed by atoms with Crippen LogP contribution in [0.2, 0.25) is 0 Å². The van der Waals surface area contributed by atoms with Gasteiger partial charge in [-0.25, -0.2) is 38.5 Å². The minimum Gasteiger partial charge on any atom is -0.756 e. The van der Waals surface area contributed by atoms with Crippen LogP contribution >= 0.6 is 31.3 Å². The number of esters is 2. The average Bonchev–Trinajstić information content (AvgIpc) is 4.19. The Balaban J connectivity index is 0.000000410. The van der Waals surface area contributed by atoms with Crippen LogP contribution in [0.3, 0.4) is 0 Å². The number of aliphatic hydroxyl groups excluding tert-OH is 8. The van der Waals surface area contributed by atoms with Crippen molar-refractivity contribution in [2.24, 2.45) is 0 Å². The topological polar surface area (TPSA) is 607 Å². The van der Waals surface area contributed by atoms with E-state index in [0.717, 1.165) is 26.5 Å². The molecule has 82 heavy (non-hydrogen) atoms. The Labute approximate surface area is 547 Å². The zero-order valence-corrected chi connectivity index (χ0v) is 55.0. The van der Waals surface area contributed by atoms with Gasteiger partial charge in [0.2, 0.25) is 0 Å². The molecule has 0 radical (unpaired) electrons. The van der Waals surface area contributed by atoms with E-state index in [1.54, 1.807) is 0 Å². The number of nitrogens with zero attached hydrogens (tertiary/aromatic N) is 8. The molecule has 8 heterocycles. The Morgan fingerprint density at radius 1 is 0.500 bits per heavy atom. The summed E-state index contributed by atoms with van der Waals surface area (Å²) in [5, 5.41) is 80.4. The van der Waals surface area contributed by atoms with Gasteiger partial charge in [0.25, 0.3) is 31.3 Å². The Kier molecular flexibility index (Phi) is 29.1. The fourth-order valence-corrected chi connectivity index (χ4v) is 11.7. The van der Waals surface area contributed by atoms with Crippen LogP contribution in [0.4, 0.5) is 11.6 Å². The van der Waals surface area contributed by atoms with E-state index in [1.165, 1.54) is 21.8 Å². The summed E-state index contributed by atoms with van der Waals surface area (Å²) in [6.45, 7) is -2.04. The van der Waals surface area contributed by atoms with Crippen LogP contribution in [0.25, 0.3) is 22.3 Å². The van der Waals surface area contributed by atoms with Crippen molar-refractivity contribution in [1.82, 2.24) is 39.0 Å². The largest absolute Gasteiger partial charge is 1.00 e. The molecule has 4 aliphatic rings. The summed E-state index contributed by atoms with van der Waals surface area (Å²) >= 11 is 0. The summed E-state index contributed by atoms with van der Waals surface area (Å²) in [6, 6.07) is 0. The number of carbonyl (C=O) groups excluding carboxylic acids is 2. The fraction of sp³-hybridized carbons (Fsp3) is 0.647. The van der Waals surface area contributed by atoms with Crippen LogP contribution in [-0.4, -0.2) is 204 Å². The molecule has 48 heteroatoms. The van der Waals surface area contributed by atoms with Crippen molar-refractivity contribution in [3.63, 3.8) is 0 Å². The van der Waals surface area contributed by atoms with Gasteiger partial charge in [-0.15, -0.1) is 0 Å². The van der Waals surface area contributed by atoms with Crippen LogP contribution in [0.1, 0.15) is 26.3 Å². The number of aromatic nitrogens is 8. The molecule has 12 N–H and O–H groups in total. The number of carbonyl (C=O) groups is 2. The molecule has 0 spiro atoms. The number of ether oxygens (including phenoxy) is 6. The van der Waals surface area contributed by atoms with E-state index in [0.29, 0.717) is 0 Å². The smallest absolute Gasteiger partial charge is 0.756 e. The first-order chi connectivity index (χ1) is 36.4. The summed E-state index contributed by atoms with van der Waals surface area (Å²) in [4.78, 5) is 94.0. The summed E-state index contributed by atoms with van der Waals surface area (Å²) in [6.07, 6.45) is -20.8. The molecule has 0 bridgehead atoms. The molecule has 20 atom stereocenters. The molecule has 0 saturated carbocycles. The van der Waals surface area contributed by atoms with Gasteiger partial charge < -0.3 is 118 Å². The van der Waals surface area contributed by atoms with E-state index in [9.17, 15) is 88.3 Å². The number of nitrogen functional groups attached to an aromatic ring is 2. The predicted octanol–water partition coefficient (Wildman–Crippen LogP) is -19.9. The van der Waals surface area contributed by atoms with Crippen molar-refractivity contribution in [1.29, 1.82) is 0 Å². The molecule has 4 aromatic heterocycles. The second-order valence-corrected chi connectivity index (χ2v) is 22.6. The molecule has 4 saturated heterocycles. The summed E-state index contributed by atoms with van der Waals surface area (Å²) < 4.78 is 107. The maximum Gasteiger partial charge on any atom is 1.00 e. The summed E-state index contributed by atoms with van der Waals surface area (Å²) in [5.41, 5.74) is 12.1. The zero-order chi connectivity index (χ0) is 57.4. The van der Waals surface area contributed by atoms with Crippen molar-refractivity contribution < 1.29 is 262 Å². The van der Waals surface area contributed by atoms with E-state index in [-0.39, 0.29) is 152 Å². The Morgan fingerprint density at radius 2 is 0.841 bits per heavy atom. The number of rotatable bonds is 20. The molecular formula is C34H46N10Na4O30P4. The van der Waals surface area contributed by atoms with Crippen LogP contribution in [0.15, 0.2) is 25.3 Å².